The Hall–Kier alpha value is -1.91. The molecular weight excluding hydrogens is 216 g/mol. The summed E-state index contributed by atoms with van der Waals surface area (Å²) >= 11 is 0. The fraction of sp³-hybridized carbons (Fsp3) is 0.182. The third-order valence-electron chi connectivity index (χ3n) is 2.38. The fourth-order valence-corrected chi connectivity index (χ4v) is 1.71. The molecule has 0 saturated heterocycles. The second kappa shape index (κ2) is 3.92. The van der Waals surface area contributed by atoms with Crippen LogP contribution in [0.3, 0.4) is 0 Å². The molecule has 0 aliphatic carbocycles. The molecule has 1 aromatic heterocycles. The number of fused-ring (bicyclic) bond motifs is 1. The molecule has 0 bridgehead atoms. The molecule has 16 heavy (non-hydrogen) atoms. The third kappa shape index (κ3) is 1.64. The normalized spacial score (nSPS) is 11.0. The Balaban J connectivity index is 2.68. The maximum atomic E-state index is 12.1. The summed E-state index contributed by atoms with van der Waals surface area (Å²) in [5, 5.41) is 0.589. The Morgan fingerprint density at radius 3 is 2.88 bits per heavy atom. The van der Waals surface area contributed by atoms with Crippen molar-refractivity contribution in [1.82, 2.24) is 4.98 Å². The predicted octanol–water partition coefficient (Wildman–Crippen LogP) is 2.89. The molecule has 1 heterocycles. The number of nitrogens with one attached hydrogen (secondary N) is 1. The molecular formula is C11H9F2NO2. The zero-order valence-corrected chi connectivity index (χ0v) is 8.46. The number of aromatic nitrogens is 1. The van der Waals surface area contributed by atoms with Crippen molar-refractivity contribution >= 4 is 17.2 Å². The molecule has 0 radical (unpaired) electrons. The topological polar surface area (TPSA) is 42.1 Å². The SMILES string of the molecule is Cc1cc(OC(F)F)c(C=O)c2cc[nH]c12. The van der Waals surface area contributed by atoms with Gasteiger partial charge in [-0.1, -0.05) is 0 Å². The van der Waals surface area contributed by atoms with Crippen molar-refractivity contribution in [3.63, 3.8) is 0 Å². The van der Waals surface area contributed by atoms with Gasteiger partial charge in [0, 0.05) is 17.1 Å². The van der Waals surface area contributed by atoms with Crippen LogP contribution in [0.1, 0.15) is 15.9 Å². The summed E-state index contributed by atoms with van der Waals surface area (Å²) in [6.07, 6.45) is 2.17. The van der Waals surface area contributed by atoms with Crippen LogP contribution in [0.25, 0.3) is 10.9 Å². The van der Waals surface area contributed by atoms with Gasteiger partial charge in [-0.3, -0.25) is 4.79 Å². The number of ether oxygens (including phenoxy) is 1. The first-order valence-corrected chi connectivity index (χ1v) is 4.64. The molecule has 0 spiro atoms. The van der Waals surface area contributed by atoms with Crippen LogP contribution in [0, 0.1) is 6.92 Å². The van der Waals surface area contributed by atoms with Gasteiger partial charge in [0.2, 0.25) is 0 Å². The maximum absolute atomic E-state index is 12.1. The van der Waals surface area contributed by atoms with Crippen LogP contribution in [0.5, 0.6) is 5.75 Å². The van der Waals surface area contributed by atoms with Crippen LogP contribution in [0.4, 0.5) is 8.78 Å². The van der Waals surface area contributed by atoms with Crippen LogP contribution < -0.4 is 4.74 Å². The zero-order valence-electron chi connectivity index (χ0n) is 8.46. The molecule has 0 aliphatic rings. The number of hydrogen-bond acceptors (Lipinski definition) is 2. The lowest BCUT2D eigenvalue weighted by Crippen LogP contribution is -2.05. The Labute approximate surface area is 90.0 Å². The number of halogens is 2. The monoisotopic (exact) mass is 225 g/mol. The number of carbonyl (C=O) groups excluding carboxylic acids is 1. The van der Waals surface area contributed by atoms with E-state index in [4.69, 9.17) is 0 Å². The summed E-state index contributed by atoms with van der Waals surface area (Å²) in [7, 11) is 0. The highest BCUT2D eigenvalue weighted by Crippen LogP contribution is 2.30. The zero-order chi connectivity index (χ0) is 11.7. The molecule has 84 valence electrons. The number of aldehydes is 1. The van der Waals surface area contributed by atoms with Gasteiger partial charge < -0.3 is 9.72 Å². The number of carbonyl (C=O) groups is 1. The summed E-state index contributed by atoms with van der Waals surface area (Å²) in [6, 6.07) is 3.08. The van der Waals surface area contributed by atoms with E-state index in [9.17, 15) is 13.6 Å². The van der Waals surface area contributed by atoms with Gasteiger partial charge in [-0.2, -0.15) is 8.78 Å². The largest absolute Gasteiger partial charge is 0.434 e. The van der Waals surface area contributed by atoms with Crippen molar-refractivity contribution in [2.75, 3.05) is 0 Å². The molecule has 1 aromatic carbocycles. The Bertz CT molecular complexity index is 534. The van der Waals surface area contributed by atoms with Crippen molar-refractivity contribution < 1.29 is 18.3 Å². The molecule has 5 heteroatoms. The van der Waals surface area contributed by atoms with E-state index in [2.05, 4.69) is 9.72 Å². The van der Waals surface area contributed by atoms with Crippen molar-refractivity contribution in [1.29, 1.82) is 0 Å². The third-order valence-corrected chi connectivity index (χ3v) is 2.38. The van der Waals surface area contributed by atoms with E-state index in [0.717, 1.165) is 11.1 Å². The van der Waals surface area contributed by atoms with Gasteiger partial charge in [0.15, 0.2) is 6.29 Å². The van der Waals surface area contributed by atoms with Gasteiger partial charge in [0.05, 0.1) is 5.56 Å². The molecule has 0 atom stereocenters. The number of alkyl halides is 2. The lowest BCUT2D eigenvalue weighted by Gasteiger charge is -2.09. The van der Waals surface area contributed by atoms with Crippen molar-refractivity contribution in [3.05, 3.63) is 29.5 Å². The average molecular weight is 225 g/mol. The fourth-order valence-electron chi connectivity index (χ4n) is 1.71. The second-order valence-electron chi connectivity index (χ2n) is 3.37. The lowest BCUT2D eigenvalue weighted by atomic mass is 10.1. The van der Waals surface area contributed by atoms with Crippen LogP contribution in [-0.2, 0) is 0 Å². The molecule has 3 nitrogen and oxygen atoms in total. The van der Waals surface area contributed by atoms with Gasteiger partial charge in [-0.05, 0) is 24.6 Å². The smallest absolute Gasteiger partial charge is 0.387 e. The Morgan fingerprint density at radius 1 is 1.50 bits per heavy atom. The summed E-state index contributed by atoms with van der Waals surface area (Å²) in [5.74, 6) is -0.0883. The average Bonchev–Trinajstić information content (AvgIpc) is 2.66. The van der Waals surface area contributed by atoms with Crippen LogP contribution >= 0.6 is 0 Å². The summed E-state index contributed by atoms with van der Waals surface area (Å²) in [5.41, 5.74) is 1.65. The number of aryl methyl sites for hydroxylation is 1. The minimum Gasteiger partial charge on any atom is -0.434 e. The van der Waals surface area contributed by atoms with E-state index in [1.54, 1.807) is 19.2 Å². The summed E-state index contributed by atoms with van der Waals surface area (Å²) in [4.78, 5) is 13.8. The van der Waals surface area contributed by atoms with Gasteiger partial charge >= 0.3 is 6.61 Å². The van der Waals surface area contributed by atoms with Gasteiger partial charge in [-0.25, -0.2) is 0 Å². The molecule has 1 N–H and O–H groups in total. The minimum absolute atomic E-state index is 0.0883. The molecule has 0 saturated carbocycles. The first-order valence-electron chi connectivity index (χ1n) is 4.64. The molecule has 0 amide bonds. The molecule has 2 aromatic rings. The first-order chi connectivity index (χ1) is 7.63. The van der Waals surface area contributed by atoms with Crippen LogP contribution in [0.15, 0.2) is 18.3 Å². The standard InChI is InChI=1S/C11H9F2NO2/c1-6-4-9(16-11(12)13)8(5-15)7-2-3-14-10(6)7/h2-5,11,14H,1H3. The van der Waals surface area contributed by atoms with Crippen molar-refractivity contribution in [2.24, 2.45) is 0 Å². The summed E-state index contributed by atoms with van der Waals surface area (Å²) < 4.78 is 28.6. The highest BCUT2D eigenvalue weighted by molar-refractivity contribution is 6.01. The van der Waals surface area contributed by atoms with E-state index >= 15 is 0 Å². The highest BCUT2D eigenvalue weighted by Gasteiger charge is 2.14. The second-order valence-corrected chi connectivity index (χ2v) is 3.37. The van der Waals surface area contributed by atoms with E-state index in [1.165, 1.54) is 6.07 Å². The number of rotatable bonds is 3. The number of H-pyrrole nitrogens is 1. The Kier molecular flexibility index (Phi) is 2.60. The minimum atomic E-state index is -2.94. The molecule has 2 rings (SSSR count). The maximum Gasteiger partial charge on any atom is 0.387 e. The van der Waals surface area contributed by atoms with Crippen LogP contribution in [-0.4, -0.2) is 17.9 Å². The lowest BCUT2D eigenvalue weighted by molar-refractivity contribution is -0.0499. The Morgan fingerprint density at radius 2 is 2.25 bits per heavy atom. The van der Waals surface area contributed by atoms with E-state index in [0.29, 0.717) is 11.7 Å². The van der Waals surface area contributed by atoms with E-state index in [1.807, 2.05) is 0 Å². The number of hydrogen-bond donors (Lipinski definition) is 1. The summed E-state index contributed by atoms with van der Waals surface area (Å²) in [6.45, 7) is -1.18. The van der Waals surface area contributed by atoms with Crippen LogP contribution in [0.2, 0.25) is 0 Å². The van der Waals surface area contributed by atoms with E-state index < -0.39 is 6.61 Å². The molecule has 0 unspecified atom stereocenters. The van der Waals surface area contributed by atoms with E-state index in [-0.39, 0.29) is 11.3 Å². The number of benzene rings is 1. The van der Waals surface area contributed by atoms with Crippen molar-refractivity contribution in [2.45, 2.75) is 13.5 Å². The molecule has 0 aliphatic heterocycles. The quantitative estimate of drug-likeness (QED) is 0.816. The van der Waals surface area contributed by atoms with Gasteiger partial charge in [0.1, 0.15) is 5.75 Å². The first kappa shape index (κ1) is 10.6. The number of aromatic amines is 1. The van der Waals surface area contributed by atoms with Gasteiger partial charge in [0.25, 0.3) is 0 Å². The molecule has 0 fully saturated rings. The van der Waals surface area contributed by atoms with Crippen molar-refractivity contribution in [3.8, 4) is 5.75 Å². The predicted molar refractivity (Wildman–Crippen MR) is 55.1 cm³/mol. The highest BCUT2D eigenvalue weighted by atomic mass is 19.3. The van der Waals surface area contributed by atoms with Gasteiger partial charge in [-0.15, -0.1) is 0 Å².